The van der Waals surface area contributed by atoms with Crippen LogP contribution in [0.3, 0.4) is 0 Å². The molecule has 2 N–H and O–H groups in total. The second-order valence-electron chi connectivity index (χ2n) is 5.72. The number of halogens is 3. The summed E-state index contributed by atoms with van der Waals surface area (Å²) in [5, 5.41) is 14.2. The third-order valence-electron chi connectivity index (χ3n) is 4.19. The summed E-state index contributed by atoms with van der Waals surface area (Å²) >= 11 is 0. The van der Waals surface area contributed by atoms with E-state index in [4.69, 9.17) is 0 Å². The van der Waals surface area contributed by atoms with Gasteiger partial charge in [-0.1, -0.05) is 6.42 Å². The molecule has 110 valence electrons. The quantitative estimate of drug-likeness (QED) is 0.829. The largest absolute Gasteiger partial charge is 0.451 e. The maximum Gasteiger partial charge on any atom is 0.451 e. The van der Waals surface area contributed by atoms with E-state index in [2.05, 4.69) is 15.3 Å². The van der Waals surface area contributed by atoms with Crippen LogP contribution in [-0.2, 0) is 11.8 Å². The fourth-order valence-corrected chi connectivity index (χ4v) is 3.28. The van der Waals surface area contributed by atoms with Crippen LogP contribution in [0.15, 0.2) is 12.4 Å². The molecule has 2 atom stereocenters. The summed E-state index contributed by atoms with van der Waals surface area (Å²) in [6.45, 7) is 0. The topological polar surface area (TPSA) is 58.0 Å². The highest BCUT2D eigenvalue weighted by Crippen LogP contribution is 2.39. The van der Waals surface area contributed by atoms with Gasteiger partial charge in [0.05, 0.1) is 5.60 Å². The van der Waals surface area contributed by atoms with Crippen LogP contribution >= 0.6 is 0 Å². The first-order valence-corrected chi connectivity index (χ1v) is 6.75. The second kappa shape index (κ2) is 4.66. The highest BCUT2D eigenvalue weighted by molar-refractivity contribution is 5.19. The van der Waals surface area contributed by atoms with Gasteiger partial charge in [0, 0.05) is 30.0 Å². The van der Waals surface area contributed by atoms with Crippen LogP contribution in [0.4, 0.5) is 13.2 Å². The van der Waals surface area contributed by atoms with E-state index < -0.39 is 17.6 Å². The van der Waals surface area contributed by atoms with Crippen molar-refractivity contribution in [2.45, 2.75) is 56.0 Å². The molecule has 2 aliphatic heterocycles. The molecule has 0 aliphatic carbocycles. The van der Waals surface area contributed by atoms with Gasteiger partial charge < -0.3 is 10.4 Å². The number of piperidine rings is 2. The number of aliphatic hydroxyl groups is 1. The molecule has 1 aromatic rings. The molecule has 3 rings (SSSR count). The SMILES string of the molecule is OC1(c2cnc(C(F)(F)F)nc2)CC2CCCC(C1)N2. The van der Waals surface area contributed by atoms with Gasteiger partial charge in [0.1, 0.15) is 0 Å². The molecule has 20 heavy (non-hydrogen) atoms. The molecular formula is C13H16F3N3O. The zero-order valence-electron chi connectivity index (χ0n) is 10.8. The van der Waals surface area contributed by atoms with Gasteiger partial charge >= 0.3 is 6.18 Å². The van der Waals surface area contributed by atoms with E-state index in [1.807, 2.05) is 0 Å². The number of aromatic nitrogens is 2. The minimum Gasteiger partial charge on any atom is -0.385 e. The van der Waals surface area contributed by atoms with E-state index in [0.29, 0.717) is 18.4 Å². The van der Waals surface area contributed by atoms with Crippen LogP contribution in [0.5, 0.6) is 0 Å². The molecule has 2 saturated heterocycles. The summed E-state index contributed by atoms with van der Waals surface area (Å²) in [4.78, 5) is 6.70. The Bertz CT molecular complexity index is 477. The normalized spacial score (nSPS) is 34.0. The van der Waals surface area contributed by atoms with Gasteiger partial charge in [-0.15, -0.1) is 0 Å². The van der Waals surface area contributed by atoms with Crippen molar-refractivity contribution in [3.63, 3.8) is 0 Å². The van der Waals surface area contributed by atoms with Crippen LogP contribution in [0.1, 0.15) is 43.5 Å². The van der Waals surface area contributed by atoms with Crippen molar-refractivity contribution >= 4 is 0 Å². The maximum atomic E-state index is 12.4. The highest BCUT2D eigenvalue weighted by Gasteiger charge is 2.43. The lowest BCUT2D eigenvalue weighted by molar-refractivity contribution is -0.145. The van der Waals surface area contributed by atoms with Crippen molar-refractivity contribution in [3.8, 4) is 0 Å². The third-order valence-corrected chi connectivity index (χ3v) is 4.19. The first-order valence-electron chi connectivity index (χ1n) is 6.75. The zero-order chi connectivity index (χ0) is 14.4. The molecule has 2 aliphatic rings. The lowest BCUT2D eigenvalue weighted by Crippen LogP contribution is -2.54. The predicted octanol–water partition coefficient (Wildman–Crippen LogP) is 1.99. The molecule has 2 bridgehead atoms. The molecule has 4 nitrogen and oxygen atoms in total. The van der Waals surface area contributed by atoms with Crippen LogP contribution in [0.25, 0.3) is 0 Å². The molecule has 3 heterocycles. The molecule has 0 aromatic carbocycles. The zero-order valence-corrected chi connectivity index (χ0v) is 10.8. The second-order valence-corrected chi connectivity index (χ2v) is 5.72. The van der Waals surface area contributed by atoms with Gasteiger partial charge in [-0.3, -0.25) is 0 Å². The Kier molecular flexibility index (Phi) is 3.21. The number of rotatable bonds is 1. The third kappa shape index (κ3) is 2.52. The summed E-state index contributed by atoms with van der Waals surface area (Å²) in [5.74, 6) is -1.17. The molecule has 0 radical (unpaired) electrons. The van der Waals surface area contributed by atoms with Gasteiger partial charge in [0.15, 0.2) is 0 Å². The van der Waals surface area contributed by atoms with Crippen molar-refractivity contribution in [2.24, 2.45) is 0 Å². The Morgan fingerprint density at radius 1 is 1.15 bits per heavy atom. The summed E-state index contributed by atoms with van der Waals surface area (Å²) < 4.78 is 37.3. The Balaban J connectivity index is 1.84. The summed E-state index contributed by atoms with van der Waals surface area (Å²) in [7, 11) is 0. The highest BCUT2D eigenvalue weighted by atomic mass is 19.4. The fourth-order valence-electron chi connectivity index (χ4n) is 3.28. The molecular weight excluding hydrogens is 271 g/mol. The van der Waals surface area contributed by atoms with Crippen LogP contribution in [-0.4, -0.2) is 27.2 Å². The maximum absolute atomic E-state index is 12.4. The van der Waals surface area contributed by atoms with Crippen molar-refractivity contribution in [3.05, 3.63) is 23.8 Å². The van der Waals surface area contributed by atoms with Gasteiger partial charge in [-0.25, -0.2) is 9.97 Å². The van der Waals surface area contributed by atoms with Crippen LogP contribution < -0.4 is 5.32 Å². The van der Waals surface area contributed by atoms with Crippen LogP contribution in [0, 0.1) is 0 Å². The Labute approximate surface area is 114 Å². The van der Waals surface area contributed by atoms with Crippen molar-refractivity contribution in [2.75, 3.05) is 0 Å². The van der Waals surface area contributed by atoms with Crippen molar-refractivity contribution in [1.82, 2.24) is 15.3 Å². The minimum absolute atomic E-state index is 0.217. The van der Waals surface area contributed by atoms with E-state index in [0.717, 1.165) is 31.7 Å². The van der Waals surface area contributed by atoms with Gasteiger partial charge in [0.25, 0.3) is 0 Å². The van der Waals surface area contributed by atoms with Gasteiger partial charge in [0.2, 0.25) is 5.82 Å². The summed E-state index contributed by atoms with van der Waals surface area (Å²) in [5.41, 5.74) is -0.741. The van der Waals surface area contributed by atoms with Crippen molar-refractivity contribution < 1.29 is 18.3 Å². The molecule has 0 saturated carbocycles. The lowest BCUT2D eigenvalue weighted by Gasteiger charge is -2.45. The number of nitrogens with zero attached hydrogens (tertiary/aromatic N) is 2. The molecule has 2 unspecified atom stereocenters. The van der Waals surface area contributed by atoms with E-state index >= 15 is 0 Å². The Morgan fingerprint density at radius 2 is 1.70 bits per heavy atom. The van der Waals surface area contributed by atoms with Crippen molar-refractivity contribution in [1.29, 1.82) is 0 Å². The average molecular weight is 287 g/mol. The predicted molar refractivity (Wildman–Crippen MR) is 64.7 cm³/mol. The molecule has 1 aromatic heterocycles. The molecule has 0 spiro atoms. The Hall–Kier alpha value is -1.21. The first-order chi connectivity index (χ1) is 9.37. The van der Waals surface area contributed by atoms with Gasteiger partial charge in [-0.2, -0.15) is 13.2 Å². The Morgan fingerprint density at radius 3 is 2.20 bits per heavy atom. The minimum atomic E-state index is -4.55. The fraction of sp³-hybridized carbons (Fsp3) is 0.692. The van der Waals surface area contributed by atoms with Gasteiger partial charge in [-0.05, 0) is 25.7 Å². The van der Waals surface area contributed by atoms with E-state index in [1.54, 1.807) is 0 Å². The summed E-state index contributed by atoms with van der Waals surface area (Å²) in [6.07, 6.45) is 1.76. The van der Waals surface area contributed by atoms with Crippen LogP contribution in [0.2, 0.25) is 0 Å². The number of nitrogens with one attached hydrogen (secondary N) is 1. The first kappa shape index (κ1) is 13.8. The number of alkyl halides is 3. The molecule has 0 amide bonds. The lowest BCUT2D eigenvalue weighted by atomic mass is 9.74. The molecule has 7 heteroatoms. The monoisotopic (exact) mass is 287 g/mol. The molecule has 2 fully saturated rings. The number of hydrogen-bond acceptors (Lipinski definition) is 4. The standard InChI is InChI=1S/C13H16F3N3O/c14-13(15,16)11-17-6-8(7-18-11)12(20)4-9-2-1-3-10(5-12)19-9/h6-7,9-10,19-20H,1-5H2. The number of hydrogen-bond donors (Lipinski definition) is 2. The number of fused-ring (bicyclic) bond motifs is 2. The summed E-state index contributed by atoms with van der Waals surface area (Å²) in [6, 6.07) is 0.435. The van der Waals surface area contributed by atoms with E-state index in [-0.39, 0.29) is 12.1 Å². The van der Waals surface area contributed by atoms with E-state index in [1.165, 1.54) is 0 Å². The average Bonchev–Trinajstić information content (AvgIpc) is 2.37. The van der Waals surface area contributed by atoms with E-state index in [9.17, 15) is 18.3 Å². The smallest absolute Gasteiger partial charge is 0.385 e.